The normalized spacial score (nSPS) is 28.1. The molecule has 156 valence electrons. The quantitative estimate of drug-likeness (QED) is 0.413. The third-order valence-electron chi connectivity index (χ3n) is 7.81. The second-order valence-electron chi connectivity index (χ2n) is 9.87. The fourth-order valence-electron chi connectivity index (χ4n) is 6.10. The molecular formula is C29H34O. The number of allylic oxidation sites excluding steroid dienone is 14. The molecule has 1 fully saturated rings. The molecule has 0 N–H and O–H groups in total. The van der Waals surface area contributed by atoms with E-state index in [1.54, 1.807) is 5.57 Å². The van der Waals surface area contributed by atoms with Crippen LogP contribution in [0.5, 0.6) is 0 Å². The first-order valence-corrected chi connectivity index (χ1v) is 12.1. The Hall–Kier alpha value is -2.15. The van der Waals surface area contributed by atoms with E-state index in [0.717, 1.165) is 38.0 Å². The minimum Gasteiger partial charge on any atom is -0.299 e. The third kappa shape index (κ3) is 4.31. The van der Waals surface area contributed by atoms with Gasteiger partial charge in [0, 0.05) is 12.3 Å². The number of carbonyl (C=O) groups is 1. The maximum Gasteiger partial charge on any atom is 0.140 e. The summed E-state index contributed by atoms with van der Waals surface area (Å²) >= 11 is 0. The molecule has 0 aliphatic heterocycles. The van der Waals surface area contributed by atoms with Crippen LogP contribution in [-0.2, 0) is 4.79 Å². The first-order valence-electron chi connectivity index (χ1n) is 12.1. The van der Waals surface area contributed by atoms with Crippen molar-refractivity contribution in [3.05, 3.63) is 82.5 Å². The van der Waals surface area contributed by atoms with Crippen LogP contribution in [0.25, 0.3) is 0 Å². The summed E-state index contributed by atoms with van der Waals surface area (Å²) in [4.78, 5) is 13.3. The van der Waals surface area contributed by atoms with Crippen LogP contribution in [0.15, 0.2) is 82.5 Å². The van der Waals surface area contributed by atoms with E-state index in [1.165, 1.54) is 54.4 Å². The molecule has 0 radical (unpaired) electrons. The summed E-state index contributed by atoms with van der Waals surface area (Å²) in [7, 11) is 0. The second-order valence-corrected chi connectivity index (χ2v) is 9.87. The van der Waals surface area contributed by atoms with Gasteiger partial charge in [-0.25, -0.2) is 0 Å². The number of hydrogen-bond acceptors (Lipinski definition) is 1. The van der Waals surface area contributed by atoms with Crippen molar-refractivity contribution in [3.63, 3.8) is 0 Å². The number of rotatable bonds is 8. The summed E-state index contributed by atoms with van der Waals surface area (Å²) in [6, 6.07) is 0. The lowest BCUT2D eigenvalue weighted by Gasteiger charge is -2.20. The van der Waals surface area contributed by atoms with Gasteiger partial charge in [-0.1, -0.05) is 97.1 Å². The van der Waals surface area contributed by atoms with Gasteiger partial charge in [0.2, 0.25) is 0 Å². The molecule has 0 aromatic heterocycles. The van der Waals surface area contributed by atoms with Crippen LogP contribution in [-0.4, -0.2) is 5.78 Å². The molecular weight excluding hydrogens is 364 g/mol. The molecule has 1 heteroatoms. The van der Waals surface area contributed by atoms with Crippen molar-refractivity contribution in [2.24, 2.45) is 17.8 Å². The fraction of sp³-hybridized carbons (Fsp3) is 0.483. The van der Waals surface area contributed by atoms with E-state index in [0.29, 0.717) is 18.1 Å². The smallest absolute Gasteiger partial charge is 0.140 e. The number of Topliss-reactive ketones (excluding diaryl/α,β-unsaturated/α-hetero) is 1. The molecule has 0 heterocycles. The molecule has 30 heavy (non-hydrogen) atoms. The minimum atomic E-state index is 0.0700. The van der Waals surface area contributed by atoms with Crippen LogP contribution in [0.4, 0.5) is 0 Å². The monoisotopic (exact) mass is 398 g/mol. The molecule has 0 amide bonds. The Balaban J connectivity index is 1.18. The Kier molecular flexibility index (Phi) is 5.88. The molecule has 0 aromatic carbocycles. The van der Waals surface area contributed by atoms with Crippen LogP contribution in [0.1, 0.15) is 70.6 Å². The van der Waals surface area contributed by atoms with Gasteiger partial charge in [-0.3, -0.25) is 4.79 Å². The molecule has 5 aliphatic carbocycles. The van der Waals surface area contributed by atoms with Gasteiger partial charge in [-0.15, -0.1) is 0 Å². The summed E-state index contributed by atoms with van der Waals surface area (Å²) in [6.45, 7) is 0. The number of hydrogen-bond donors (Lipinski definition) is 0. The van der Waals surface area contributed by atoms with Crippen LogP contribution in [0.3, 0.4) is 0 Å². The Morgan fingerprint density at radius 3 is 2.47 bits per heavy atom. The highest BCUT2D eigenvalue weighted by atomic mass is 16.1. The molecule has 2 atom stereocenters. The van der Waals surface area contributed by atoms with E-state index < -0.39 is 0 Å². The van der Waals surface area contributed by atoms with Gasteiger partial charge < -0.3 is 0 Å². The molecule has 0 bridgehead atoms. The van der Waals surface area contributed by atoms with Gasteiger partial charge in [-0.2, -0.15) is 0 Å². The third-order valence-corrected chi connectivity index (χ3v) is 7.81. The highest BCUT2D eigenvalue weighted by Gasteiger charge is 2.35. The standard InChI is InChI=1S/C29H34O/c30-29(16-15-22-13-14-23(18-22)17-21-7-1-2-8-21)28-20-26(24-9-3-4-10-24)19-27(28)25-11-5-6-12-25/h3-6,9,11,13-14,20-21,27-28H,1-2,7-8,10,12,15-19H2. The molecule has 0 aromatic rings. The molecule has 2 unspecified atom stereocenters. The molecule has 0 spiro atoms. The molecule has 1 nitrogen and oxygen atoms in total. The number of ketones is 1. The maximum atomic E-state index is 13.3. The van der Waals surface area contributed by atoms with Crippen molar-refractivity contribution < 1.29 is 4.79 Å². The van der Waals surface area contributed by atoms with E-state index in [4.69, 9.17) is 0 Å². The maximum absolute atomic E-state index is 13.3. The van der Waals surface area contributed by atoms with Crippen molar-refractivity contribution in [1.82, 2.24) is 0 Å². The van der Waals surface area contributed by atoms with Crippen LogP contribution in [0, 0.1) is 17.8 Å². The largest absolute Gasteiger partial charge is 0.299 e. The van der Waals surface area contributed by atoms with Gasteiger partial charge in [0.05, 0.1) is 0 Å². The van der Waals surface area contributed by atoms with Gasteiger partial charge in [0.1, 0.15) is 5.78 Å². The predicted molar refractivity (Wildman–Crippen MR) is 125 cm³/mol. The Labute approximate surface area is 181 Å². The lowest BCUT2D eigenvalue weighted by atomic mass is 9.82. The van der Waals surface area contributed by atoms with Gasteiger partial charge >= 0.3 is 0 Å². The second kappa shape index (κ2) is 8.92. The first-order chi connectivity index (χ1) is 14.8. The Bertz CT molecular complexity index is 908. The van der Waals surface area contributed by atoms with Crippen molar-refractivity contribution in [2.45, 2.75) is 70.6 Å². The summed E-state index contributed by atoms with van der Waals surface area (Å²) in [5, 5.41) is 0. The van der Waals surface area contributed by atoms with Crippen molar-refractivity contribution in [3.8, 4) is 0 Å². The highest BCUT2D eigenvalue weighted by Crippen LogP contribution is 2.43. The van der Waals surface area contributed by atoms with Crippen molar-refractivity contribution >= 4 is 5.78 Å². The van der Waals surface area contributed by atoms with E-state index in [1.807, 2.05) is 0 Å². The van der Waals surface area contributed by atoms with Crippen LogP contribution < -0.4 is 0 Å². The van der Waals surface area contributed by atoms with E-state index in [-0.39, 0.29) is 5.92 Å². The summed E-state index contributed by atoms with van der Waals surface area (Å²) in [6.07, 6.45) is 33.0. The average molecular weight is 399 g/mol. The van der Waals surface area contributed by atoms with E-state index in [9.17, 15) is 4.79 Å². The van der Waals surface area contributed by atoms with E-state index in [2.05, 4.69) is 54.7 Å². The lowest BCUT2D eigenvalue weighted by Crippen LogP contribution is -2.20. The van der Waals surface area contributed by atoms with Gasteiger partial charge in [-0.05, 0) is 61.5 Å². The first kappa shape index (κ1) is 19.8. The Morgan fingerprint density at radius 2 is 1.70 bits per heavy atom. The average Bonchev–Trinajstić information content (AvgIpc) is 3.56. The highest BCUT2D eigenvalue weighted by molar-refractivity contribution is 5.85. The zero-order valence-corrected chi connectivity index (χ0v) is 18.1. The lowest BCUT2D eigenvalue weighted by molar-refractivity contribution is -0.122. The predicted octanol–water partition coefficient (Wildman–Crippen LogP) is 7.51. The number of carbonyl (C=O) groups excluding carboxylic acids is 1. The van der Waals surface area contributed by atoms with Gasteiger partial charge in [0.15, 0.2) is 0 Å². The van der Waals surface area contributed by atoms with Crippen LogP contribution in [0.2, 0.25) is 0 Å². The van der Waals surface area contributed by atoms with Crippen molar-refractivity contribution in [1.29, 1.82) is 0 Å². The Morgan fingerprint density at radius 1 is 0.900 bits per heavy atom. The zero-order valence-electron chi connectivity index (χ0n) is 18.1. The van der Waals surface area contributed by atoms with Crippen molar-refractivity contribution in [2.75, 3.05) is 0 Å². The van der Waals surface area contributed by atoms with Crippen LogP contribution >= 0.6 is 0 Å². The molecule has 5 rings (SSSR count). The SMILES string of the molecule is O=C(CCC1=CC=C(CC2CCCC2)C1)C1C=C(C2=CC=CC2)CC1C1=CC=CC1. The summed E-state index contributed by atoms with van der Waals surface area (Å²) in [5.74, 6) is 1.80. The summed E-state index contributed by atoms with van der Waals surface area (Å²) < 4.78 is 0. The fourth-order valence-corrected chi connectivity index (χ4v) is 6.10. The topological polar surface area (TPSA) is 17.1 Å². The van der Waals surface area contributed by atoms with E-state index >= 15 is 0 Å². The minimum absolute atomic E-state index is 0.0700. The van der Waals surface area contributed by atoms with Gasteiger partial charge in [0.25, 0.3) is 0 Å². The molecule has 0 saturated heterocycles. The molecule has 5 aliphatic rings. The molecule has 1 saturated carbocycles. The zero-order chi connectivity index (χ0) is 20.3. The summed E-state index contributed by atoms with van der Waals surface area (Å²) in [5.41, 5.74) is 7.36.